The summed E-state index contributed by atoms with van der Waals surface area (Å²) in [6.45, 7) is 0. The SMILES string of the molecule is Fc1ccccc1-c1noc(-c2cncnc2NC2CCc3ccccc32)n1. The first-order valence-electron chi connectivity index (χ1n) is 9.03. The predicted octanol–water partition coefficient (Wildman–Crippen LogP) is 4.43. The number of aromatic nitrogens is 4. The van der Waals surface area contributed by atoms with Crippen LogP contribution in [0.25, 0.3) is 22.8 Å². The van der Waals surface area contributed by atoms with E-state index in [0.29, 0.717) is 11.4 Å². The lowest BCUT2D eigenvalue weighted by Crippen LogP contribution is -2.09. The molecule has 1 aliphatic rings. The van der Waals surface area contributed by atoms with Gasteiger partial charge in [0.15, 0.2) is 0 Å². The van der Waals surface area contributed by atoms with Gasteiger partial charge >= 0.3 is 0 Å². The topological polar surface area (TPSA) is 76.7 Å². The van der Waals surface area contributed by atoms with Gasteiger partial charge in [0, 0.05) is 6.20 Å². The smallest absolute Gasteiger partial charge is 0.263 e. The Balaban J connectivity index is 1.48. The molecule has 2 aromatic carbocycles. The second-order valence-corrected chi connectivity index (χ2v) is 6.62. The van der Waals surface area contributed by atoms with Crippen molar-refractivity contribution in [1.29, 1.82) is 0 Å². The van der Waals surface area contributed by atoms with Crippen LogP contribution in [-0.2, 0) is 6.42 Å². The van der Waals surface area contributed by atoms with Gasteiger partial charge in [-0.25, -0.2) is 14.4 Å². The zero-order valence-corrected chi connectivity index (χ0v) is 14.8. The lowest BCUT2D eigenvalue weighted by molar-refractivity contribution is 0.431. The maximum absolute atomic E-state index is 14.0. The van der Waals surface area contributed by atoms with E-state index >= 15 is 0 Å². The van der Waals surface area contributed by atoms with Gasteiger partial charge in [-0.05, 0) is 36.1 Å². The van der Waals surface area contributed by atoms with Crippen LogP contribution in [0, 0.1) is 5.82 Å². The van der Waals surface area contributed by atoms with Crippen molar-refractivity contribution in [2.45, 2.75) is 18.9 Å². The molecule has 1 aliphatic carbocycles. The molecule has 0 radical (unpaired) electrons. The second kappa shape index (κ2) is 6.84. The van der Waals surface area contributed by atoms with Crippen molar-refractivity contribution < 1.29 is 8.91 Å². The summed E-state index contributed by atoms with van der Waals surface area (Å²) < 4.78 is 19.4. The van der Waals surface area contributed by atoms with E-state index in [1.54, 1.807) is 24.4 Å². The van der Waals surface area contributed by atoms with E-state index in [2.05, 4.69) is 43.6 Å². The Morgan fingerprint density at radius 3 is 2.82 bits per heavy atom. The molecule has 6 nitrogen and oxygen atoms in total. The summed E-state index contributed by atoms with van der Waals surface area (Å²) in [6.07, 6.45) is 5.09. The molecule has 138 valence electrons. The maximum Gasteiger partial charge on any atom is 0.263 e. The van der Waals surface area contributed by atoms with Crippen molar-refractivity contribution in [2.24, 2.45) is 0 Å². The molecule has 0 aliphatic heterocycles. The van der Waals surface area contributed by atoms with E-state index in [4.69, 9.17) is 4.52 Å². The molecule has 1 atom stereocenters. The Morgan fingerprint density at radius 1 is 1.04 bits per heavy atom. The minimum atomic E-state index is -0.403. The van der Waals surface area contributed by atoms with Crippen molar-refractivity contribution in [3.63, 3.8) is 0 Å². The fourth-order valence-corrected chi connectivity index (χ4v) is 3.56. The van der Waals surface area contributed by atoms with Gasteiger partial charge in [0.25, 0.3) is 5.89 Å². The number of hydrogen-bond donors (Lipinski definition) is 1. The molecule has 0 spiro atoms. The van der Waals surface area contributed by atoms with Gasteiger partial charge in [-0.1, -0.05) is 41.6 Å². The fourth-order valence-electron chi connectivity index (χ4n) is 3.56. The first-order chi connectivity index (χ1) is 13.8. The van der Waals surface area contributed by atoms with E-state index in [0.717, 1.165) is 12.8 Å². The molecule has 5 rings (SSSR count). The Kier molecular flexibility index (Phi) is 4.05. The van der Waals surface area contributed by atoms with Crippen LogP contribution in [0.1, 0.15) is 23.6 Å². The highest BCUT2D eigenvalue weighted by Gasteiger charge is 2.24. The van der Waals surface area contributed by atoms with Crippen molar-refractivity contribution in [3.8, 4) is 22.8 Å². The largest absolute Gasteiger partial charge is 0.362 e. The van der Waals surface area contributed by atoms with Gasteiger partial charge in [-0.3, -0.25) is 0 Å². The molecular weight excluding hydrogens is 357 g/mol. The van der Waals surface area contributed by atoms with Crippen LogP contribution in [0.3, 0.4) is 0 Å². The molecule has 0 bridgehead atoms. The maximum atomic E-state index is 14.0. The lowest BCUT2D eigenvalue weighted by atomic mass is 10.1. The zero-order valence-electron chi connectivity index (χ0n) is 14.8. The third kappa shape index (κ3) is 2.90. The van der Waals surface area contributed by atoms with E-state index in [9.17, 15) is 4.39 Å². The Hall–Kier alpha value is -3.61. The molecule has 0 amide bonds. The van der Waals surface area contributed by atoms with E-state index in [1.807, 2.05) is 6.07 Å². The van der Waals surface area contributed by atoms with E-state index in [1.165, 1.54) is 23.5 Å². The minimum Gasteiger partial charge on any atom is -0.362 e. The van der Waals surface area contributed by atoms with Crippen LogP contribution >= 0.6 is 0 Å². The molecule has 0 saturated heterocycles. The number of halogens is 1. The number of nitrogens with zero attached hydrogens (tertiary/aromatic N) is 4. The molecular formula is C21H16FN5O. The number of aryl methyl sites for hydroxylation is 1. The third-order valence-corrected chi connectivity index (χ3v) is 4.93. The van der Waals surface area contributed by atoms with Gasteiger partial charge in [-0.2, -0.15) is 4.98 Å². The summed E-state index contributed by atoms with van der Waals surface area (Å²) in [7, 11) is 0. The van der Waals surface area contributed by atoms with Crippen LogP contribution in [0.15, 0.2) is 65.6 Å². The highest BCUT2D eigenvalue weighted by Crippen LogP contribution is 2.35. The average Bonchev–Trinajstić information content (AvgIpc) is 3.37. The van der Waals surface area contributed by atoms with Crippen LogP contribution in [0.4, 0.5) is 10.2 Å². The summed E-state index contributed by atoms with van der Waals surface area (Å²) in [5, 5.41) is 7.39. The average molecular weight is 373 g/mol. The van der Waals surface area contributed by atoms with Gasteiger partial charge in [0.2, 0.25) is 5.82 Å². The first-order valence-corrected chi connectivity index (χ1v) is 9.03. The van der Waals surface area contributed by atoms with Gasteiger partial charge in [0.1, 0.15) is 23.5 Å². The molecule has 0 fully saturated rings. The number of benzene rings is 2. The number of hydrogen-bond acceptors (Lipinski definition) is 6. The molecule has 1 unspecified atom stereocenters. The van der Waals surface area contributed by atoms with Crippen molar-refractivity contribution in [1.82, 2.24) is 20.1 Å². The minimum absolute atomic E-state index is 0.152. The van der Waals surface area contributed by atoms with E-state index in [-0.39, 0.29) is 23.3 Å². The Labute approximate surface area is 160 Å². The summed E-state index contributed by atoms with van der Waals surface area (Å²) >= 11 is 0. The van der Waals surface area contributed by atoms with Gasteiger partial charge < -0.3 is 9.84 Å². The number of rotatable bonds is 4. The standard InChI is InChI=1S/C21H16FN5O/c22-17-8-4-3-7-15(17)20-26-21(28-27-20)16-11-23-12-24-19(16)25-18-10-9-13-5-1-2-6-14(13)18/h1-8,11-12,18H,9-10H2,(H,23,24,25). The lowest BCUT2D eigenvalue weighted by Gasteiger charge is -2.15. The molecule has 4 aromatic rings. The predicted molar refractivity (Wildman–Crippen MR) is 102 cm³/mol. The van der Waals surface area contributed by atoms with Crippen LogP contribution in [0.5, 0.6) is 0 Å². The quantitative estimate of drug-likeness (QED) is 0.570. The third-order valence-electron chi connectivity index (χ3n) is 4.93. The van der Waals surface area contributed by atoms with Crippen molar-refractivity contribution in [2.75, 3.05) is 5.32 Å². The Morgan fingerprint density at radius 2 is 1.89 bits per heavy atom. The number of fused-ring (bicyclic) bond motifs is 1. The van der Waals surface area contributed by atoms with Crippen molar-refractivity contribution >= 4 is 5.82 Å². The number of anilines is 1. The normalized spacial score (nSPS) is 15.4. The molecule has 28 heavy (non-hydrogen) atoms. The zero-order chi connectivity index (χ0) is 18.9. The van der Waals surface area contributed by atoms with E-state index < -0.39 is 5.82 Å². The summed E-state index contributed by atoms with van der Waals surface area (Å²) in [5.74, 6) is 0.641. The second-order valence-electron chi connectivity index (χ2n) is 6.62. The summed E-state index contributed by atoms with van der Waals surface area (Å²) in [5.41, 5.74) is 3.48. The van der Waals surface area contributed by atoms with Crippen molar-refractivity contribution in [3.05, 3.63) is 78.0 Å². The van der Waals surface area contributed by atoms with Crippen LogP contribution in [-0.4, -0.2) is 20.1 Å². The summed E-state index contributed by atoms with van der Waals surface area (Å²) in [6, 6.07) is 14.8. The Bertz CT molecular complexity index is 1140. The molecule has 1 N–H and O–H groups in total. The van der Waals surface area contributed by atoms with Crippen LogP contribution in [0.2, 0.25) is 0 Å². The molecule has 7 heteroatoms. The highest BCUT2D eigenvalue weighted by atomic mass is 19.1. The molecule has 0 saturated carbocycles. The number of nitrogens with one attached hydrogen (secondary N) is 1. The monoisotopic (exact) mass is 373 g/mol. The highest BCUT2D eigenvalue weighted by molar-refractivity contribution is 5.70. The fraction of sp³-hybridized carbons (Fsp3) is 0.143. The first kappa shape index (κ1) is 16.6. The van der Waals surface area contributed by atoms with Gasteiger partial charge in [-0.15, -0.1) is 0 Å². The molecule has 2 aromatic heterocycles. The molecule has 2 heterocycles. The van der Waals surface area contributed by atoms with Gasteiger partial charge in [0.05, 0.1) is 11.6 Å². The van der Waals surface area contributed by atoms with Crippen LogP contribution < -0.4 is 5.32 Å². The summed E-state index contributed by atoms with van der Waals surface area (Å²) in [4.78, 5) is 12.8.